The minimum absolute atomic E-state index is 0.109. The van der Waals surface area contributed by atoms with Gasteiger partial charge in [-0.25, -0.2) is 9.59 Å². The van der Waals surface area contributed by atoms with Crippen LogP contribution in [0.5, 0.6) is 11.5 Å². The second-order valence-corrected chi connectivity index (χ2v) is 5.93. The second-order valence-electron chi connectivity index (χ2n) is 5.93. The Balaban J connectivity index is 2.36. The molecule has 0 unspecified atom stereocenters. The quantitative estimate of drug-likeness (QED) is 0.673. The van der Waals surface area contributed by atoms with Gasteiger partial charge in [-0.3, -0.25) is 4.79 Å². The highest BCUT2D eigenvalue weighted by Crippen LogP contribution is 2.34. The summed E-state index contributed by atoms with van der Waals surface area (Å²) >= 11 is 0. The van der Waals surface area contributed by atoms with Crippen LogP contribution in [0.25, 0.3) is 22.1 Å². The number of methoxy groups -OCH3 is 2. The van der Waals surface area contributed by atoms with Crippen molar-refractivity contribution in [2.45, 2.75) is 13.8 Å². The number of aromatic nitrogens is 1. The molecule has 3 rings (SSSR count). The van der Waals surface area contributed by atoms with Crippen LogP contribution in [-0.4, -0.2) is 31.8 Å². The summed E-state index contributed by atoms with van der Waals surface area (Å²) in [5, 5.41) is -0.0892. The lowest BCUT2D eigenvalue weighted by Crippen LogP contribution is -2.21. The second kappa shape index (κ2) is 7.59. The molecule has 0 radical (unpaired) electrons. The van der Waals surface area contributed by atoms with Gasteiger partial charge in [-0.2, -0.15) is 0 Å². The maximum atomic E-state index is 12.6. The van der Waals surface area contributed by atoms with Crippen LogP contribution in [0, 0.1) is 6.92 Å². The van der Waals surface area contributed by atoms with Crippen LogP contribution in [0.4, 0.5) is 0 Å². The number of aryl methyl sites for hydroxylation is 1. The molecule has 1 aromatic carbocycles. The molecule has 8 nitrogen and oxygen atoms in total. The molecule has 0 aliphatic heterocycles. The van der Waals surface area contributed by atoms with Crippen molar-refractivity contribution in [2.24, 2.45) is 0 Å². The van der Waals surface area contributed by atoms with E-state index in [4.69, 9.17) is 18.6 Å². The topological polar surface area (TPSA) is 108 Å². The Morgan fingerprint density at radius 2 is 1.89 bits per heavy atom. The fourth-order valence-corrected chi connectivity index (χ4v) is 3.00. The van der Waals surface area contributed by atoms with Gasteiger partial charge in [-0.1, -0.05) is 0 Å². The normalized spacial score (nSPS) is 10.7. The predicted octanol–water partition coefficient (Wildman–Crippen LogP) is 2.65. The maximum Gasteiger partial charge on any atom is 0.349 e. The minimum Gasteiger partial charge on any atom is -0.497 e. The molecule has 0 atom stereocenters. The summed E-state index contributed by atoms with van der Waals surface area (Å²) in [6, 6.07) is 6.44. The van der Waals surface area contributed by atoms with Gasteiger partial charge >= 0.3 is 11.6 Å². The molecule has 0 aliphatic rings. The van der Waals surface area contributed by atoms with Gasteiger partial charge in [0, 0.05) is 17.1 Å². The summed E-state index contributed by atoms with van der Waals surface area (Å²) in [4.78, 5) is 39.8. The Bertz CT molecular complexity index is 1170. The average molecular weight is 385 g/mol. The number of pyridine rings is 1. The van der Waals surface area contributed by atoms with Crippen LogP contribution in [0.1, 0.15) is 23.0 Å². The third-order valence-electron chi connectivity index (χ3n) is 4.28. The average Bonchev–Trinajstić information content (AvgIpc) is 2.66. The zero-order valence-corrected chi connectivity index (χ0v) is 15.9. The summed E-state index contributed by atoms with van der Waals surface area (Å²) in [7, 11) is 2.99. The third kappa shape index (κ3) is 3.24. The Kier molecular flexibility index (Phi) is 5.21. The molecule has 0 saturated heterocycles. The van der Waals surface area contributed by atoms with Crippen molar-refractivity contribution in [3.05, 3.63) is 56.3 Å². The van der Waals surface area contributed by atoms with E-state index in [0.29, 0.717) is 22.8 Å². The molecule has 3 aromatic rings. The lowest BCUT2D eigenvalue weighted by molar-refractivity contribution is 0.0527. The highest BCUT2D eigenvalue weighted by molar-refractivity contribution is 6.05. The van der Waals surface area contributed by atoms with Crippen molar-refractivity contribution in [1.29, 1.82) is 0 Å². The maximum absolute atomic E-state index is 12.6. The molecule has 0 spiro atoms. The van der Waals surface area contributed by atoms with E-state index in [1.165, 1.54) is 20.3 Å². The Morgan fingerprint density at radius 3 is 2.54 bits per heavy atom. The molecule has 2 aromatic heterocycles. The molecule has 146 valence electrons. The molecule has 0 aliphatic carbocycles. The van der Waals surface area contributed by atoms with Crippen LogP contribution >= 0.6 is 0 Å². The number of H-pyrrole nitrogens is 1. The van der Waals surface area contributed by atoms with Gasteiger partial charge in [0.15, 0.2) is 0 Å². The van der Waals surface area contributed by atoms with Gasteiger partial charge in [0.2, 0.25) is 0 Å². The number of hydrogen-bond acceptors (Lipinski definition) is 7. The van der Waals surface area contributed by atoms with Crippen LogP contribution < -0.4 is 20.7 Å². The van der Waals surface area contributed by atoms with E-state index in [1.807, 2.05) is 0 Å². The highest BCUT2D eigenvalue weighted by atomic mass is 16.5. The molecular formula is C20H19NO7. The van der Waals surface area contributed by atoms with Gasteiger partial charge < -0.3 is 23.6 Å². The number of rotatable bonds is 5. The van der Waals surface area contributed by atoms with Crippen molar-refractivity contribution in [2.75, 3.05) is 20.8 Å². The SMILES string of the molecule is CCOC(=O)c1c(C)[nH]c(=O)c2c(=O)oc(-c3ccc(OC)cc3OC)cc12. The Labute approximate surface area is 159 Å². The fourth-order valence-electron chi connectivity index (χ4n) is 3.00. The first kappa shape index (κ1) is 19.2. The molecule has 0 saturated carbocycles. The molecule has 28 heavy (non-hydrogen) atoms. The summed E-state index contributed by atoms with van der Waals surface area (Å²) < 4.78 is 21.0. The smallest absolute Gasteiger partial charge is 0.349 e. The van der Waals surface area contributed by atoms with Crippen LogP contribution in [0.2, 0.25) is 0 Å². The number of benzene rings is 1. The summed E-state index contributed by atoms with van der Waals surface area (Å²) in [6.45, 7) is 3.39. The number of hydrogen-bond donors (Lipinski definition) is 1. The Morgan fingerprint density at radius 1 is 1.14 bits per heavy atom. The first-order valence-corrected chi connectivity index (χ1v) is 8.51. The molecule has 0 amide bonds. The molecule has 2 heterocycles. The van der Waals surface area contributed by atoms with Crippen molar-refractivity contribution >= 4 is 16.7 Å². The fraction of sp³-hybridized carbons (Fsp3) is 0.250. The number of carbonyl (C=O) groups excluding carboxylic acids is 1. The van der Waals surface area contributed by atoms with Crippen molar-refractivity contribution in [3.63, 3.8) is 0 Å². The number of nitrogens with one attached hydrogen (secondary N) is 1. The molecule has 8 heteroatoms. The zero-order chi connectivity index (χ0) is 20.4. The van der Waals surface area contributed by atoms with Crippen LogP contribution in [0.15, 0.2) is 38.3 Å². The van der Waals surface area contributed by atoms with E-state index in [-0.39, 0.29) is 28.7 Å². The number of carbonyl (C=O) groups is 1. The number of fused-ring (bicyclic) bond motifs is 1. The Hall–Kier alpha value is -3.55. The minimum atomic E-state index is -0.864. The number of esters is 1. The van der Waals surface area contributed by atoms with Gasteiger partial charge in [0.1, 0.15) is 22.6 Å². The molecule has 0 fully saturated rings. The number of aromatic amines is 1. The standard InChI is InChI=1S/C20H19NO7/c1-5-27-19(23)16-10(2)21-18(22)17-13(16)9-15(28-20(17)24)12-7-6-11(25-3)8-14(12)26-4/h6-9H,5H2,1-4H3,(H,21,22). The van der Waals surface area contributed by atoms with E-state index in [1.54, 1.807) is 32.0 Å². The van der Waals surface area contributed by atoms with Crippen molar-refractivity contribution in [1.82, 2.24) is 4.98 Å². The van der Waals surface area contributed by atoms with E-state index < -0.39 is 17.2 Å². The first-order chi connectivity index (χ1) is 13.4. The summed E-state index contributed by atoms with van der Waals surface area (Å²) in [5.41, 5.74) is -0.623. The number of ether oxygens (including phenoxy) is 3. The predicted molar refractivity (Wildman–Crippen MR) is 102 cm³/mol. The lowest BCUT2D eigenvalue weighted by Gasteiger charge is -2.12. The molecule has 1 N–H and O–H groups in total. The zero-order valence-electron chi connectivity index (χ0n) is 15.9. The van der Waals surface area contributed by atoms with Gasteiger partial charge in [-0.05, 0) is 32.0 Å². The first-order valence-electron chi connectivity index (χ1n) is 8.51. The van der Waals surface area contributed by atoms with E-state index in [2.05, 4.69) is 4.98 Å². The largest absolute Gasteiger partial charge is 0.497 e. The van der Waals surface area contributed by atoms with E-state index >= 15 is 0 Å². The van der Waals surface area contributed by atoms with E-state index in [0.717, 1.165) is 0 Å². The van der Waals surface area contributed by atoms with Crippen molar-refractivity contribution < 1.29 is 23.4 Å². The molecule has 0 bridgehead atoms. The van der Waals surface area contributed by atoms with Crippen LogP contribution in [-0.2, 0) is 4.74 Å². The highest BCUT2D eigenvalue weighted by Gasteiger charge is 2.22. The van der Waals surface area contributed by atoms with Crippen LogP contribution in [0.3, 0.4) is 0 Å². The van der Waals surface area contributed by atoms with Gasteiger partial charge in [-0.15, -0.1) is 0 Å². The lowest BCUT2D eigenvalue weighted by atomic mass is 10.0. The summed E-state index contributed by atoms with van der Waals surface area (Å²) in [6.07, 6.45) is 0. The van der Waals surface area contributed by atoms with Gasteiger partial charge in [0.25, 0.3) is 5.56 Å². The van der Waals surface area contributed by atoms with Crippen molar-refractivity contribution in [3.8, 4) is 22.8 Å². The summed E-state index contributed by atoms with van der Waals surface area (Å²) in [5.74, 6) is 0.469. The third-order valence-corrected chi connectivity index (χ3v) is 4.28. The monoisotopic (exact) mass is 385 g/mol. The molecular weight excluding hydrogens is 366 g/mol. The van der Waals surface area contributed by atoms with Gasteiger partial charge in [0.05, 0.1) is 32.0 Å². The van der Waals surface area contributed by atoms with E-state index in [9.17, 15) is 14.4 Å².